The Kier molecular flexibility index (Phi) is 10.4. The average molecular weight is 273 g/mol. The monoisotopic (exact) mass is 272 g/mol. The highest BCUT2D eigenvalue weighted by molar-refractivity contribution is 6.05. The molecule has 108 valence electrons. The fraction of sp³-hybridized carbons (Fsp3) is 0.933. The van der Waals surface area contributed by atoms with Crippen LogP contribution >= 0.6 is 0 Å². The van der Waals surface area contributed by atoms with Crippen molar-refractivity contribution in [1.82, 2.24) is 0 Å². The van der Waals surface area contributed by atoms with Crippen LogP contribution in [0.25, 0.3) is 0 Å². The number of hydrogen-bond donors (Lipinski definition) is 0. The van der Waals surface area contributed by atoms with Crippen LogP contribution in [0.4, 0.5) is 0 Å². The third kappa shape index (κ3) is 7.19. The lowest BCUT2D eigenvalue weighted by atomic mass is 9.74. The van der Waals surface area contributed by atoms with Crippen LogP contribution in [-0.4, -0.2) is 16.5 Å². The molecule has 0 spiro atoms. The Morgan fingerprint density at radius 1 is 1.00 bits per heavy atom. The first-order valence-electron chi connectivity index (χ1n) is 7.71. The van der Waals surface area contributed by atoms with E-state index in [1.165, 1.54) is 51.4 Å². The molecule has 0 aromatic rings. The lowest BCUT2D eigenvalue weighted by Crippen LogP contribution is -2.21. The first kappa shape index (κ1) is 17.7. The van der Waals surface area contributed by atoms with Crippen LogP contribution in [-0.2, 0) is 9.22 Å². The molecule has 0 aromatic carbocycles. The van der Waals surface area contributed by atoms with Gasteiger partial charge in [0.05, 0.1) is 0 Å². The maximum absolute atomic E-state index is 11.3. The SMILES string of the molecule is CCCCCCCC(CC)(CC)CCC(=O)O[SiH3]. The summed E-state index contributed by atoms with van der Waals surface area (Å²) in [5.41, 5.74) is 0.377. The third-order valence-corrected chi connectivity index (χ3v) is 4.85. The summed E-state index contributed by atoms with van der Waals surface area (Å²) in [6.45, 7) is 6.78. The normalized spacial score (nSPS) is 11.7. The Morgan fingerprint density at radius 2 is 1.61 bits per heavy atom. The van der Waals surface area contributed by atoms with Crippen LogP contribution in [0.1, 0.15) is 85.0 Å². The molecule has 0 fully saturated rings. The summed E-state index contributed by atoms with van der Waals surface area (Å²) in [5, 5.41) is 0. The Morgan fingerprint density at radius 3 is 2.11 bits per heavy atom. The molecule has 0 heterocycles. The quantitative estimate of drug-likeness (QED) is 0.423. The van der Waals surface area contributed by atoms with Crippen LogP contribution in [0.3, 0.4) is 0 Å². The third-order valence-electron chi connectivity index (χ3n) is 4.40. The largest absolute Gasteiger partial charge is 0.529 e. The second kappa shape index (κ2) is 10.6. The van der Waals surface area contributed by atoms with Gasteiger partial charge >= 0.3 is 0 Å². The molecule has 0 radical (unpaired) electrons. The van der Waals surface area contributed by atoms with Crippen molar-refractivity contribution in [2.75, 3.05) is 0 Å². The van der Waals surface area contributed by atoms with E-state index in [0.717, 1.165) is 6.42 Å². The summed E-state index contributed by atoms with van der Waals surface area (Å²) in [7, 11) is 0.531. The molecule has 0 atom stereocenters. The van der Waals surface area contributed by atoms with E-state index in [-0.39, 0.29) is 5.97 Å². The van der Waals surface area contributed by atoms with Gasteiger partial charge in [0.2, 0.25) is 10.5 Å². The summed E-state index contributed by atoms with van der Waals surface area (Å²) in [5.74, 6) is -0.000996. The zero-order valence-corrected chi connectivity index (χ0v) is 14.9. The topological polar surface area (TPSA) is 26.3 Å². The van der Waals surface area contributed by atoms with Gasteiger partial charge < -0.3 is 4.43 Å². The van der Waals surface area contributed by atoms with E-state index in [1.54, 1.807) is 0 Å². The molecule has 18 heavy (non-hydrogen) atoms. The molecule has 2 nitrogen and oxygen atoms in total. The van der Waals surface area contributed by atoms with Crippen molar-refractivity contribution >= 4 is 16.5 Å². The molecule has 0 aliphatic carbocycles. The average Bonchev–Trinajstić information content (AvgIpc) is 2.42. The van der Waals surface area contributed by atoms with Crippen LogP contribution in [0.5, 0.6) is 0 Å². The van der Waals surface area contributed by atoms with Gasteiger partial charge in [0.25, 0.3) is 5.97 Å². The maximum atomic E-state index is 11.3. The van der Waals surface area contributed by atoms with Crippen molar-refractivity contribution in [3.63, 3.8) is 0 Å². The molecule has 0 aliphatic rings. The first-order valence-corrected chi connectivity index (χ1v) is 8.52. The smallest absolute Gasteiger partial charge is 0.291 e. The van der Waals surface area contributed by atoms with Gasteiger partial charge in [-0.05, 0) is 18.3 Å². The van der Waals surface area contributed by atoms with Crippen molar-refractivity contribution in [2.24, 2.45) is 5.41 Å². The van der Waals surface area contributed by atoms with Crippen molar-refractivity contribution < 1.29 is 9.22 Å². The molecule has 0 N–H and O–H groups in total. The molecule has 0 saturated carbocycles. The van der Waals surface area contributed by atoms with Gasteiger partial charge in [-0.1, -0.05) is 65.7 Å². The van der Waals surface area contributed by atoms with Gasteiger partial charge in [-0.25, -0.2) is 0 Å². The Labute approximate surface area is 116 Å². The minimum absolute atomic E-state index is 0.000996. The van der Waals surface area contributed by atoms with Crippen molar-refractivity contribution in [2.45, 2.75) is 85.0 Å². The van der Waals surface area contributed by atoms with Crippen molar-refractivity contribution in [3.8, 4) is 0 Å². The minimum Gasteiger partial charge on any atom is -0.529 e. The highest BCUT2D eigenvalue weighted by Gasteiger charge is 2.26. The van der Waals surface area contributed by atoms with Gasteiger partial charge in [-0.3, -0.25) is 4.79 Å². The van der Waals surface area contributed by atoms with E-state index in [4.69, 9.17) is 4.43 Å². The molecule has 3 heteroatoms. The highest BCUT2D eigenvalue weighted by atomic mass is 28.2. The molecule has 0 aromatic heterocycles. The van der Waals surface area contributed by atoms with Gasteiger partial charge in [0, 0.05) is 6.42 Å². The zero-order chi connectivity index (χ0) is 13.9. The Hall–Kier alpha value is -0.313. The van der Waals surface area contributed by atoms with E-state index in [0.29, 0.717) is 22.3 Å². The minimum atomic E-state index is -0.000996. The summed E-state index contributed by atoms with van der Waals surface area (Å²) in [4.78, 5) is 11.3. The molecule has 0 saturated heterocycles. The van der Waals surface area contributed by atoms with E-state index in [1.807, 2.05) is 0 Å². The van der Waals surface area contributed by atoms with Gasteiger partial charge in [0.15, 0.2) is 0 Å². The number of hydrogen-bond acceptors (Lipinski definition) is 2. The Balaban J connectivity index is 4.04. The molecule has 0 bridgehead atoms. The summed E-state index contributed by atoms with van der Waals surface area (Å²) >= 11 is 0. The number of unbranched alkanes of at least 4 members (excludes halogenated alkanes) is 4. The molecule has 0 unspecified atom stereocenters. The van der Waals surface area contributed by atoms with Crippen molar-refractivity contribution in [3.05, 3.63) is 0 Å². The molecule has 0 aliphatic heterocycles. The van der Waals surface area contributed by atoms with Crippen LogP contribution in [0, 0.1) is 5.41 Å². The fourth-order valence-electron chi connectivity index (χ4n) is 2.65. The van der Waals surface area contributed by atoms with Crippen LogP contribution in [0.2, 0.25) is 0 Å². The standard InChI is InChI=1S/C15H32O2Si/c1-4-7-8-9-10-12-15(5-2,6-3)13-11-14(16)17-18/h4-13H2,1-3,18H3. The van der Waals surface area contributed by atoms with Crippen LogP contribution in [0.15, 0.2) is 0 Å². The van der Waals surface area contributed by atoms with Gasteiger partial charge in [0.1, 0.15) is 0 Å². The second-order valence-corrected chi connectivity index (χ2v) is 5.86. The number of rotatable bonds is 11. The zero-order valence-electron chi connectivity index (χ0n) is 12.9. The van der Waals surface area contributed by atoms with Gasteiger partial charge in [-0.15, -0.1) is 0 Å². The molecule has 0 amide bonds. The number of carbonyl (C=O) groups excluding carboxylic acids is 1. The molecular weight excluding hydrogens is 240 g/mol. The first-order chi connectivity index (χ1) is 8.64. The fourth-order valence-corrected chi connectivity index (χ4v) is 2.86. The lowest BCUT2D eigenvalue weighted by molar-refractivity contribution is -0.134. The highest BCUT2D eigenvalue weighted by Crippen LogP contribution is 2.37. The van der Waals surface area contributed by atoms with E-state index < -0.39 is 0 Å². The van der Waals surface area contributed by atoms with Crippen LogP contribution < -0.4 is 0 Å². The predicted molar refractivity (Wildman–Crippen MR) is 81.7 cm³/mol. The lowest BCUT2D eigenvalue weighted by Gasteiger charge is -2.31. The summed E-state index contributed by atoms with van der Waals surface area (Å²) < 4.78 is 4.89. The second-order valence-electron chi connectivity index (χ2n) is 5.45. The molecular formula is C15H32O2Si. The Bertz CT molecular complexity index is 213. The summed E-state index contributed by atoms with van der Waals surface area (Å²) in [6.07, 6.45) is 12.0. The van der Waals surface area contributed by atoms with Crippen molar-refractivity contribution in [1.29, 1.82) is 0 Å². The van der Waals surface area contributed by atoms with Gasteiger partial charge in [-0.2, -0.15) is 0 Å². The number of carbonyl (C=O) groups is 1. The van der Waals surface area contributed by atoms with E-state index in [2.05, 4.69) is 20.8 Å². The predicted octanol–water partition coefficient (Wildman–Crippen LogP) is 3.76. The maximum Gasteiger partial charge on any atom is 0.291 e. The van der Waals surface area contributed by atoms with E-state index >= 15 is 0 Å². The molecule has 0 rings (SSSR count). The summed E-state index contributed by atoms with van der Waals surface area (Å²) in [6, 6.07) is 0. The van der Waals surface area contributed by atoms with E-state index in [9.17, 15) is 4.79 Å².